The van der Waals surface area contributed by atoms with E-state index < -0.39 is 23.7 Å². The molecule has 1 N–H and O–H groups in total. The van der Waals surface area contributed by atoms with E-state index in [2.05, 4.69) is 20.9 Å². The van der Waals surface area contributed by atoms with Crippen LogP contribution in [-0.2, 0) is 14.3 Å². The molecule has 0 aromatic heterocycles. The summed E-state index contributed by atoms with van der Waals surface area (Å²) >= 11 is 3.01. The van der Waals surface area contributed by atoms with Crippen molar-refractivity contribution in [2.75, 3.05) is 0 Å². The first kappa shape index (κ1) is 19.3. The van der Waals surface area contributed by atoms with E-state index in [1.54, 1.807) is 0 Å². The van der Waals surface area contributed by atoms with Crippen LogP contribution in [-0.4, -0.2) is 29.4 Å². The van der Waals surface area contributed by atoms with Crippen LogP contribution in [0.3, 0.4) is 0 Å². The van der Waals surface area contributed by atoms with Crippen LogP contribution in [0.4, 0.5) is 10.1 Å². The lowest BCUT2D eigenvalue weighted by Gasteiger charge is -2.16. The van der Waals surface area contributed by atoms with Crippen LogP contribution in [0.15, 0.2) is 27.7 Å². The van der Waals surface area contributed by atoms with E-state index >= 15 is 0 Å². The zero-order chi connectivity index (χ0) is 17.4. The number of carboxylic acid groups (broad SMARTS) is 1. The Kier molecular flexibility index (Phi) is 7.88. The van der Waals surface area contributed by atoms with Crippen molar-refractivity contribution in [1.82, 2.24) is 0 Å². The van der Waals surface area contributed by atoms with Gasteiger partial charge in [0.2, 0.25) is 0 Å². The molecule has 23 heavy (non-hydrogen) atoms. The van der Waals surface area contributed by atoms with Gasteiger partial charge in [-0.2, -0.15) is 0 Å². The highest BCUT2D eigenvalue weighted by molar-refractivity contribution is 9.10. The number of halogens is 2. The normalized spacial score (nSPS) is 13.7. The number of aliphatic carboxylic acids is 1. The summed E-state index contributed by atoms with van der Waals surface area (Å²) in [6.07, 6.45) is 2.83. The number of carbonyl (C=O) groups excluding carboxylic acids is 1. The van der Waals surface area contributed by atoms with Crippen molar-refractivity contribution in [3.63, 3.8) is 0 Å². The minimum absolute atomic E-state index is 0.204. The van der Waals surface area contributed by atoms with Crippen molar-refractivity contribution in [2.24, 2.45) is 10.9 Å². The number of esters is 1. The Hall–Kier alpha value is -1.76. The van der Waals surface area contributed by atoms with Gasteiger partial charge in [0.25, 0.3) is 0 Å². The van der Waals surface area contributed by atoms with Gasteiger partial charge >= 0.3 is 11.9 Å². The van der Waals surface area contributed by atoms with E-state index in [1.807, 2.05) is 13.8 Å². The van der Waals surface area contributed by atoms with Crippen LogP contribution >= 0.6 is 15.9 Å². The smallest absolute Gasteiger partial charge is 0.326 e. The first-order valence-corrected chi connectivity index (χ1v) is 8.10. The molecule has 0 aliphatic carbocycles. The van der Waals surface area contributed by atoms with Gasteiger partial charge in [0.15, 0.2) is 5.92 Å². The van der Waals surface area contributed by atoms with Gasteiger partial charge in [-0.1, -0.05) is 20.3 Å². The SMILES string of the molecule is CCCC(CC)OC(=O)C(/C=N/c1ccc(F)c(Br)c1)C(=O)O. The fourth-order valence-electron chi connectivity index (χ4n) is 1.86. The lowest BCUT2D eigenvalue weighted by Crippen LogP contribution is -2.30. The van der Waals surface area contributed by atoms with Gasteiger partial charge in [-0.3, -0.25) is 14.6 Å². The number of rotatable bonds is 8. The van der Waals surface area contributed by atoms with E-state index in [0.717, 1.165) is 12.6 Å². The van der Waals surface area contributed by atoms with Crippen LogP contribution in [0.1, 0.15) is 33.1 Å². The number of hydrogen-bond acceptors (Lipinski definition) is 4. The molecule has 0 bridgehead atoms. The predicted molar refractivity (Wildman–Crippen MR) is 88.5 cm³/mol. The molecule has 0 aliphatic rings. The summed E-state index contributed by atoms with van der Waals surface area (Å²) in [5.74, 6) is -4.14. The first-order valence-electron chi connectivity index (χ1n) is 7.31. The quantitative estimate of drug-likeness (QED) is 0.413. The highest BCUT2D eigenvalue weighted by atomic mass is 79.9. The maximum absolute atomic E-state index is 13.1. The molecule has 0 heterocycles. The summed E-state index contributed by atoms with van der Waals surface area (Å²) in [7, 11) is 0. The number of carbonyl (C=O) groups is 2. The number of carboxylic acids is 1. The molecule has 0 saturated carbocycles. The Morgan fingerprint density at radius 3 is 2.65 bits per heavy atom. The fraction of sp³-hybridized carbons (Fsp3) is 0.438. The largest absolute Gasteiger partial charge is 0.480 e. The average molecular weight is 388 g/mol. The number of hydrogen-bond donors (Lipinski definition) is 1. The Balaban J connectivity index is 2.85. The Labute approximate surface area is 142 Å². The summed E-state index contributed by atoms with van der Waals surface area (Å²) in [6, 6.07) is 3.97. The van der Waals surface area contributed by atoms with Gasteiger partial charge in [0.1, 0.15) is 11.9 Å². The van der Waals surface area contributed by atoms with Crippen molar-refractivity contribution in [3.05, 3.63) is 28.5 Å². The molecule has 0 saturated heterocycles. The molecule has 0 amide bonds. The molecule has 126 valence electrons. The third-order valence-electron chi connectivity index (χ3n) is 3.14. The average Bonchev–Trinajstić information content (AvgIpc) is 2.50. The summed E-state index contributed by atoms with van der Waals surface area (Å²) in [5, 5.41) is 9.17. The van der Waals surface area contributed by atoms with Gasteiger partial charge in [0, 0.05) is 6.21 Å². The number of ether oxygens (including phenoxy) is 1. The van der Waals surface area contributed by atoms with Crippen LogP contribution in [0, 0.1) is 11.7 Å². The Morgan fingerprint density at radius 1 is 1.43 bits per heavy atom. The second kappa shape index (κ2) is 9.39. The second-order valence-corrected chi connectivity index (χ2v) is 5.80. The Bertz CT molecular complexity index is 591. The van der Waals surface area contributed by atoms with Crippen molar-refractivity contribution >= 4 is 39.8 Å². The van der Waals surface area contributed by atoms with E-state index in [-0.39, 0.29) is 10.6 Å². The van der Waals surface area contributed by atoms with E-state index in [0.29, 0.717) is 18.5 Å². The number of nitrogens with zero attached hydrogens (tertiary/aromatic N) is 1. The standard InChI is InChI=1S/C16H19BrFNO4/c1-3-5-11(4-2)23-16(22)12(15(20)21)9-19-10-6-7-14(18)13(17)8-10/h6-9,11-12H,3-5H2,1-2H3,(H,20,21)/b19-9+. The molecule has 2 atom stereocenters. The van der Waals surface area contributed by atoms with E-state index in [1.165, 1.54) is 18.2 Å². The first-order chi connectivity index (χ1) is 10.9. The highest BCUT2D eigenvalue weighted by Gasteiger charge is 2.28. The molecule has 1 rings (SSSR count). The minimum Gasteiger partial charge on any atom is -0.480 e. The Morgan fingerprint density at radius 2 is 2.13 bits per heavy atom. The van der Waals surface area contributed by atoms with Gasteiger partial charge in [-0.15, -0.1) is 0 Å². The topological polar surface area (TPSA) is 76.0 Å². The third kappa shape index (κ3) is 6.09. The van der Waals surface area contributed by atoms with Crippen molar-refractivity contribution < 1.29 is 23.8 Å². The molecule has 5 nitrogen and oxygen atoms in total. The maximum Gasteiger partial charge on any atom is 0.326 e. The maximum atomic E-state index is 13.1. The molecule has 1 aromatic rings. The van der Waals surface area contributed by atoms with E-state index in [9.17, 15) is 19.1 Å². The molecule has 0 spiro atoms. The zero-order valence-corrected chi connectivity index (χ0v) is 14.5. The van der Waals surface area contributed by atoms with Gasteiger partial charge < -0.3 is 9.84 Å². The molecule has 0 radical (unpaired) electrons. The molecule has 1 aromatic carbocycles. The van der Waals surface area contributed by atoms with Crippen molar-refractivity contribution in [3.8, 4) is 0 Å². The third-order valence-corrected chi connectivity index (χ3v) is 3.75. The van der Waals surface area contributed by atoms with Crippen LogP contribution in [0.5, 0.6) is 0 Å². The molecular weight excluding hydrogens is 369 g/mol. The lowest BCUT2D eigenvalue weighted by molar-refractivity contribution is -0.159. The molecular formula is C16H19BrFNO4. The summed E-state index contributed by atoms with van der Waals surface area (Å²) in [5.41, 5.74) is 0.331. The molecule has 7 heteroatoms. The predicted octanol–water partition coefficient (Wildman–Crippen LogP) is 4.11. The number of benzene rings is 1. The summed E-state index contributed by atoms with van der Waals surface area (Å²) in [4.78, 5) is 27.2. The molecule has 2 unspecified atom stereocenters. The molecule has 0 fully saturated rings. The highest BCUT2D eigenvalue weighted by Crippen LogP contribution is 2.22. The summed E-state index contributed by atoms with van der Waals surface area (Å²) < 4.78 is 18.6. The van der Waals surface area contributed by atoms with Crippen molar-refractivity contribution in [2.45, 2.75) is 39.2 Å². The van der Waals surface area contributed by atoms with Crippen molar-refractivity contribution in [1.29, 1.82) is 0 Å². The van der Waals surface area contributed by atoms with Gasteiger partial charge in [-0.05, 0) is 47.0 Å². The fourth-order valence-corrected chi connectivity index (χ4v) is 2.22. The van der Waals surface area contributed by atoms with Crippen LogP contribution in [0.25, 0.3) is 0 Å². The minimum atomic E-state index is -1.50. The van der Waals surface area contributed by atoms with Crippen LogP contribution < -0.4 is 0 Å². The van der Waals surface area contributed by atoms with Gasteiger partial charge in [0.05, 0.1) is 10.2 Å². The van der Waals surface area contributed by atoms with Crippen LogP contribution in [0.2, 0.25) is 0 Å². The zero-order valence-electron chi connectivity index (χ0n) is 13.0. The monoisotopic (exact) mass is 387 g/mol. The van der Waals surface area contributed by atoms with E-state index in [4.69, 9.17) is 4.74 Å². The lowest BCUT2D eigenvalue weighted by atomic mass is 10.1. The molecule has 0 aliphatic heterocycles. The second-order valence-electron chi connectivity index (χ2n) is 4.95. The summed E-state index contributed by atoms with van der Waals surface area (Å²) in [6.45, 7) is 3.83. The van der Waals surface area contributed by atoms with Gasteiger partial charge in [-0.25, -0.2) is 4.39 Å². The number of aliphatic imine (C=N–C) groups is 1.